The topological polar surface area (TPSA) is 75.2 Å². The molecule has 0 atom stereocenters. The third-order valence-corrected chi connectivity index (χ3v) is 3.25. The van der Waals surface area contributed by atoms with Crippen LogP contribution in [0.25, 0.3) is 5.69 Å². The highest BCUT2D eigenvalue weighted by Crippen LogP contribution is 2.29. The van der Waals surface area contributed by atoms with Crippen molar-refractivity contribution in [3.05, 3.63) is 29.6 Å². The molecular weight excluding hydrogens is 268 g/mol. The zero-order chi connectivity index (χ0) is 15.4. The fraction of sp³-hybridized carbons (Fsp3) is 0.467. The van der Waals surface area contributed by atoms with E-state index >= 15 is 0 Å². The van der Waals surface area contributed by atoms with Crippen molar-refractivity contribution in [2.75, 3.05) is 14.2 Å². The molecule has 0 radical (unpaired) electrons. The summed E-state index contributed by atoms with van der Waals surface area (Å²) in [7, 11) is 3.25. The Balaban J connectivity index is 2.53. The van der Waals surface area contributed by atoms with Crippen LogP contribution in [0.5, 0.6) is 11.5 Å². The number of aromatic nitrogens is 3. The fourth-order valence-electron chi connectivity index (χ4n) is 2.24. The number of rotatable bonds is 6. The Kier molecular flexibility index (Phi) is 4.80. The predicted molar refractivity (Wildman–Crippen MR) is 80.9 cm³/mol. The molecule has 0 aliphatic heterocycles. The van der Waals surface area contributed by atoms with Crippen molar-refractivity contribution < 1.29 is 9.47 Å². The molecule has 1 aromatic heterocycles. The maximum Gasteiger partial charge on any atom is 0.148 e. The van der Waals surface area contributed by atoms with Crippen LogP contribution >= 0.6 is 0 Å². The van der Waals surface area contributed by atoms with Gasteiger partial charge in [0.2, 0.25) is 0 Å². The molecule has 2 N–H and O–H groups in total. The molecule has 0 saturated carbocycles. The molecule has 2 rings (SSSR count). The van der Waals surface area contributed by atoms with Gasteiger partial charge in [0.1, 0.15) is 17.2 Å². The maximum atomic E-state index is 5.77. The van der Waals surface area contributed by atoms with Gasteiger partial charge in [-0.05, 0) is 24.5 Å². The van der Waals surface area contributed by atoms with E-state index < -0.39 is 0 Å². The van der Waals surface area contributed by atoms with E-state index in [0.29, 0.717) is 18.2 Å². The Labute approximate surface area is 124 Å². The zero-order valence-electron chi connectivity index (χ0n) is 13.0. The van der Waals surface area contributed by atoms with Gasteiger partial charge in [-0.1, -0.05) is 19.1 Å². The monoisotopic (exact) mass is 290 g/mol. The van der Waals surface area contributed by atoms with Gasteiger partial charge in [-0.3, -0.25) is 0 Å². The second kappa shape index (κ2) is 6.58. The lowest BCUT2D eigenvalue weighted by atomic mass is 10.1. The third kappa shape index (κ3) is 3.16. The van der Waals surface area contributed by atoms with Gasteiger partial charge in [-0.15, -0.1) is 5.10 Å². The van der Waals surface area contributed by atoms with Crippen LogP contribution in [0.15, 0.2) is 18.2 Å². The Hall–Kier alpha value is -2.08. The molecule has 21 heavy (non-hydrogen) atoms. The first-order valence-corrected chi connectivity index (χ1v) is 6.96. The van der Waals surface area contributed by atoms with Crippen molar-refractivity contribution in [2.24, 2.45) is 11.7 Å². The summed E-state index contributed by atoms with van der Waals surface area (Å²) in [5.74, 6) is 1.91. The van der Waals surface area contributed by atoms with Crippen molar-refractivity contribution in [3.63, 3.8) is 0 Å². The highest BCUT2D eigenvalue weighted by atomic mass is 16.5. The number of hydrogen-bond acceptors (Lipinski definition) is 5. The summed E-state index contributed by atoms with van der Waals surface area (Å²) in [6.45, 7) is 4.69. The molecule has 0 saturated heterocycles. The van der Waals surface area contributed by atoms with Crippen molar-refractivity contribution in [2.45, 2.75) is 26.8 Å². The molecule has 0 bridgehead atoms. The van der Waals surface area contributed by atoms with Crippen molar-refractivity contribution in [1.29, 1.82) is 0 Å². The fourth-order valence-corrected chi connectivity index (χ4v) is 2.24. The Morgan fingerprint density at radius 2 is 2.00 bits per heavy atom. The van der Waals surface area contributed by atoms with Crippen molar-refractivity contribution >= 4 is 0 Å². The first-order chi connectivity index (χ1) is 10.1. The normalized spacial score (nSPS) is 11.0. The van der Waals surface area contributed by atoms with Gasteiger partial charge in [0, 0.05) is 12.6 Å². The van der Waals surface area contributed by atoms with Crippen LogP contribution in [0.2, 0.25) is 0 Å². The minimum Gasteiger partial charge on any atom is -0.497 e. The van der Waals surface area contributed by atoms with Gasteiger partial charge in [-0.2, -0.15) is 0 Å². The minimum absolute atomic E-state index is 0.376. The predicted octanol–water partition coefficient (Wildman–Crippen LogP) is 1.94. The maximum absolute atomic E-state index is 5.77. The van der Waals surface area contributed by atoms with E-state index in [-0.39, 0.29) is 0 Å². The van der Waals surface area contributed by atoms with Crippen LogP contribution in [0, 0.1) is 5.92 Å². The van der Waals surface area contributed by atoms with Gasteiger partial charge in [0.15, 0.2) is 0 Å². The third-order valence-electron chi connectivity index (χ3n) is 3.25. The molecule has 1 aromatic carbocycles. The smallest absolute Gasteiger partial charge is 0.148 e. The average Bonchev–Trinajstić information content (AvgIpc) is 2.88. The summed E-state index contributed by atoms with van der Waals surface area (Å²) in [5.41, 5.74) is 8.45. The van der Waals surface area contributed by atoms with E-state index in [2.05, 4.69) is 24.2 Å². The van der Waals surface area contributed by atoms with Crippen LogP contribution in [-0.2, 0) is 13.0 Å². The lowest BCUT2D eigenvalue weighted by molar-refractivity contribution is 0.392. The van der Waals surface area contributed by atoms with E-state index in [1.807, 2.05) is 18.2 Å². The van der Waals surface area contributed by atoms with Gasteiger partial charge < -0.3 is 15.2 Å². The molecule has 114 valence electrons. The standard InChI is InChI=1S/C15H22N4O2/c1-10(2)7-14-12(9-16)17-18-19(14)13-6-5-11(20-3)8-15(13)21-4/h5-6,8,10H,7,9,16H2,1-4H3. The first-order valence-electron chi connectivity index (χ1n) is 6.96. The Bertz CT molecular complexity index is 608. The second-order valence-electron chi connectivity index (χ2n) is 5.23. The SMILES string of the molecule is COc1ccc(-n2nnc(CN)c2CC(C)C)c(OC)c1. The Morgan fingerprint density at radius 3 is 2.57 bits per heavy atom. The number of hydrogen-bond donors (Lipinski definition) is 1. The van der Waals surface area contributed by atoms with E-state index in [1.54, 1.807) is 18.9 Å². The molecule has 0 aliphatic carbocycles. The quantitative estimate of drug-likeness (QED) is 0.880. The lowest BCUT2D eigenvalue weighted by Crippen LogP contribution is -2.10. The average molecular weight is 290 g/mol. The highest BCUT2D eigenvalue weighted by molar-refractivity contribution is 5.51. The Morgan fingerprint density at radius 1 is 1.24 bits per heavy atom. The molecule has 0 unspecified atom stereocenters. The van der Waals surface area contributed by atoms with Crippen LogP contribution in [-0.4, -0.2) is 29.2 Å². The summed E-state index contributed by atoms with van der Waals surface area (Å²) in [5, 5.41) is 8.42. The number of nitrogens with two attached hydrogens (primary N) is 1. The number of methoxy groups -OCH3 is 2. The molecule has 1 heterocycles. The second-order valence-corrected chi connectivity index (χ2v) is 5.23. The molecule has 0 spiro atoms. The van der Waals surface area contributed by atoms with E-state index in [4.69, 9.17) is 15.2 Å². The number of ether oxygens (including phenoxy) is 2. The molecule has 6 nitrogen and oxygen atoms in total. The van der Waals surface area contributed by atoms with E-state index in [0.717, 1.165) is 29.2 Å². The van der Waals surface area contributed by atoms with Gasteiger partial charge >= 0.3 is 0 Å². The largest absolute Gasteiger partial charge is 0.497 e. The molecule has 0 aliphatic rings. The van der Waals surface area contributed by atoms with Gasteiger partial charge in [0.25, 0.3) is 0 Å². The highest BCUT2D eigenvalue weighted by Gasteiger charge is 2.17. The molecule has 0 amide bonds. The number of nitrogens with zero attached hydrogens (tertiary/aromatic N) is 3. The minimum atomic E-state index is 0.376. The van der Waals surface area contributed by atoms with Crippen LogP contribution < -0.4 is 15.2 Å². The summed E-state index contributed by atoms with van der Waals surface area (Å²) in [6.07, 6.45) is 0.856. The summed E-state index contributed by atoms with van der Waals surface area (Å²) in [6, 6.07) is 5.62. The van der Waals surface area contributed by atoms with Gasteiger partial charge in [0.05, 0.1) is 25.6 Å². The molecular formula is C15H22N4O2. The van der Waals surface area contributed by atoms with Crippen LogP contribution in [0.3, 0.4) is 0 Å². The van der Waals surface area contributed by atoms with Crippen LogP contribution in [0.4, 0.5) is 0 Å². The van der Waals surface area contributed by atoms with Gasteiger partial charge in [-0.25, -0.2) is 4.68 Å². The van der Waals surface area contributed by atoms with Crippen LogP contribution in [0.1, 0.15) is 25.2 Å². The number of benzene rings is 1. The van der Waals surface area contributed by atoms with E-state index in [1.165, 1.54) is 0 Å². The summed E-state index contributed by atoms with van der Waals surface area (Å²) in [4.78, 5) is 0. The summed E-state index contributed by atoms with van der Waals surface area (Å²) >= 11 is 0. The van der Waals surface area contributed by atoms with Crippen molar-refractivity contribution in [1.82, 2.24) is 15.0 Å². The van der Waals surface area contributed by atoms with E-state index in [9.17, 15) is 0 Å². The molecule has 6 heteroatoms. The molecule has 0 fully saturated rings. The molecule has 2 aromatic rings. The summed E-state index contributed by atoms with van der Waals surface area (Å²) < 4.78 is 12.5. The zero-order valence-corrected chi connectivity index (χ0v) is 13.0. The first kappa shape index (κ1) is 15.3. The van der Waals surface area contributed by atoms with Crippen molar-refractivity contribution in [3.8, 4) is 17.2 Å². The lowest BCUT2D eigenvalue weighted by Gasteiger charge is -2.13.